The molecule has 2 heteroatoms. The lowest BCUT2D eigenvalue weighted by atomic mass is 9.98. The minimum atomic E-state index is 0.406. The topological polar surface area (TPSA) is 26.3 Å². The fraction of sp³-hybridized carbons (Fsp3) is 0.0952. The minimum absolute atomic E-state index is 0.406. The SMILES string of the molecule is O=CCc1ccc(OCc2ccccc2)cc1-c1ccccc1. The van der Waals surface area contributed by atoms with Crippen molar-refractivity contribution in [1.29, 1.82) is 0 Å². The molecule has 0 aliphatic rings. The van der Waals surface area contributed by atoms with Crippen LogP contribution in [0.3, 0.4) is 0 Å². The molecule has 0 amide bonds. The third-order valence-corrected chi connectivity index (χ3v) is 3.72. The minimum Gasteiger partial charge on any atom is -0.489 e. The van der Waals surface area contributed by atoms with Crippen LogP contribution < -0.4 is 4.74 Å². The second-order valence-corrected chi connectivity index (χ2v) is 5.33. The van der Waals surface area contributed by atoms with E-state index in [-0.39, 0.29) is 0 Å². The summed E-state index contributed by atoms with van der Waals surface area (Å²) >= 11 is 0. The van der Waals surface area contributed by atoms with Gasteiger partial charge in [0.15, 0.2) is 0 Å². The Morgan fingerprint density at radius 1 is 0.826 bits per heavy atom. The molecular weight excluding hydrogens is 284 g/mol. The summed E-state index contributed by atoms with van der Waals surface area (Å²) in [5.41, 5.74) is 4.28. The average molecular weight is 302 g/mol. The molecule has 0 spiro atoms. The molecule has 2 nitrogen and oxygen atoms in total. The molecular formula is C21H18O2. The number of rotatable bonds is 6. The van der Waals surface area contributed by atoms with E-state index in [1.54, 1.807) is 0 Å². The van der Waals surface area contributed by atoms with E-state index in [1.165, 1.54) is 0 Å². The van der Waals surface area contributed by atoms with Gasteiger partial charge in [-0.05, 0) is 34.4 Å². The van der Waals surface area contributed by atoms with E-state index in [1.807, 2.05) is 78.9 Å². The first-order valence-electron chi connectivity index (χ1n) is 7.65. The molecule has 0 saturated heterocycles. The average Bonchev–Trinajstić information content (AvgIpc) is 2.63. The van der Waals surface area contributed by atoms with Crippen LogP contribution in [0.15, 0.2) is 78.9 Å². The monoisotopic (exact) mass is 302 g/mol. The highest BCUT2D eigenvalue weighted by Gasteiger charge is 2.07. The molecule has 0 radical (unpaired) electrons. The summed E-state index contributed by atoms with van der Waals surface area (Å²) in [7, 11) is 0. The van der Waals surface area contributed by atoms with E-state index in [0.29, 0.717) is 13.0 Å². The van der Waals surface area contributed by atoms with Crippen molar-refractivity contribution in [1.82, 2.24) is 0 Å². The number of ether oxygens (including phenoxy) is 1. The Kier molecular flexibility index (Phi) is 4.85. The molecule has 0 fully saturated rings. The first-order chi connectivity index (χ1) is 11.4. The van der Waals surface area contributed by atoms with E-state index >= 15 is 0 Å². The van der Waals surface area contributed by atoms with Crippen LogP contribution in [0.25, 0.3) is 11.1 Å². The van der Waals surface area contributed by atoms with Crippen molar-refractivity contribution in [2.75, 3.05) is 0 Å². The maximum atomic E-state index is 10.9. The number of carbonyl (C=O) groups is 1. The van der Waals surface area contributed by atoms with Crippen LogP contribution in [0.2, 0.25) is 0 Å². The maximum absolute atomic E-state index is 10.9. The number of hydrogen-bond acceptors (Lipinski definition) is 2. The van der Waals surface area contributed by atoms with Gasteiger partial charge in [0.2, 0.25) is 0 Å². The first-order valence-corrected chi connectivity index (χ1v) is 7.65. The lowest BCUT2D eigenvalue weighted by Crippen LogP contribution is -1.97. The zero-order valence-corrected chi connectivity index (χ0v) is 12.8. The van der Waals surface area contributed by atoms with Gasteiger partial charge in [-0.15, -0.1) is 0 Å². The van der Waals surface area contributed by atoms with Gasteiger partial charge in [-0.2, -0.15) is 0 Å². The van der Waals surface area contributed by atoms with Gasteiger partial charge in [-0.1, -0.05) is 66.7 Å². The summed E-state index contributed by atoms with van der Waals surface area (Å²) in [5, 5.41) is 0. The van der Waals surface area contributed by atoms with Crippen LogP contribution in [0.4, 0.5) is 0 Å². The van der Waals surface area contributed by atoms with E-state index < -0.39 is 0 Å². The maximum Gasteiger partial charge on any atom is 0.124 e. The molecule has 0 bridgehead atoms. The van der Waals surface area contributed by atoms with Crippen LogP contribution in [0.1, 0.15) is 11.1 Å². The predicted molar refractivity (Wildman–Crippen MR) is 92.4 cm³/mol. The fourth-order valence-electron chi connectivity index (χ4n) is 2.54. The largest absolute Gasteiger partial charge is 0.489 e. The lowest BCUT2D eigenvalue weighted by Gasteiger charge is -2.12. The molecule has 0 aliphatic carbocycles. The second kappa shape index (κ2) is 7.41. The summed E-state index contributed by atoms with van der Waals surface area (Å²) < 4.78 is 5.90. The number of aldehydes is 1. The van der Waals surface area contributed by atoms with Gasteiger partial charge < -0.3 is 9.53 Å². The van der Waals surface area contributed by atoms with E-state index in [9.17, 15) is 4.79 Å². The van der Waals surface area contributed by atoms with Gasteiger partial charge in [-0.3, -0.25) is 0 Å². The van der Waals surface area contributed by atoms with E-state index in [4.69, 9.17) is 4.74 Å². The molecule has 3 aromatic rings. The van der Waals surface area contributed by atoms with Gasteiger partial charge in [0.05, 0.1) is 0 Å². The van der Waals surface area contributed by atoms with Crippen LogP contribution >= 0.6 is 0 Å². The Bertz CT molecular complexity index is 764. The predicted octanol–water partition coefficient (Wildman–Crippen LogP) is 4.67. The highest BCUT2D eigenvalue weighted by Crippen LogP contribution is 2.28. The van der Waals surface area contributed by atoms with Crippen molar-refractivity contribution in [2.45, 2.75) is 13.0 Å². The zero-order chi connectivity index (χ0) is 15.9. The summed E-state index contributed by atoms with van der Waals surface area (Å²) in [6.07, 6.45) is 1.34. The van der Waals surface area contributed by atoms with E-state index in [2.05, 4.69) is 0 Å². The van der Waals surface area contributed by atoms with Crippen LogP contribution in [-0.4, -0.2) is 6.29 Å². The zero-order valence-electron chi connectivity index (χ0n) is 12.8. The van der Waals surface area contributed by atoms with Crippen molar-refractivity contribution in [2.24, 2.45) is 0 Å². The lowest BCUT2D eigenvalue weighted by molar-refractivity contribution is -0.107. The van der Waals surface area contributed by atoms with Crippen LogP contribution in [-0.2, 0) is 17.8 Å². The molecule has 3 rings (SSSR count). The Hall–Kier alpha value is -2.87. The van der Waals surface area contributed by atoms with Gasteiger partial charge in [-0.25, -0.2) is 0 Å². The van der Waals surface area contributed by atoms with Crippen molar-refractivity contribution in [3.8, 4) is 16.9 Å². The third kappa shape index (κ3) is 3.86. The van der Waals surface area contributed by atoms with Gasteiger partial charge in [0, 0.05) is 6.42 Å². The molecule has 0 heterocycles. The van der Waals surface area contributed by atoms with Gasteiger partial charge in [0.25, 0.3) is 0 Å². The Balaban J connectivity index is 1.86. The van der Waals surface area contributed by atoms with Crippen LogP contribution in [0, 0.1) is 0 Å². The third-order valence-electron chi connectivity index (χ3n) is 3.72. The van der Waals surface area contributed by atoms with Crippen molar-refractivity contribution >= 4 is 6.29 Å². The number of benzene rings is 3. The molecule has 23 heavy (non-hydrogen) atoms. The molecule has 0 unspecified atom stereocenters. The molecule has 3 aromatic carbocycles. The van der Waals surface area contributed by atoms with Crippen LogP contribution in [0.5, 0.6) is 5.75 Å². The molecule has 0 saturated carbocycles. The summed E-state index contributed by atoms with van der Waals surface area (Å²) in [4.78, 5) is 10.9. The molecule has 114 valence electrons. The Labute approximate surface area is 136 Å². The normalized spacial score (nSPS) is 10.3. The Morgan fingerprint density at radius 3 is 2.22 bits per heavy atom. The fourth-order valence-corrected chi connectivity index (χ4v) is 2.54. The van der Waals surface area contributed by atoms with Crippen molar-refractivity contribution in [3.63, 3.8) is 0 Å². The van der Waals surface area contributed by atoms with Gasteiger partial charge in [0.1, 0.15) is 18.6 Å². The quantitative estimate of drug-likeness (QED) is 0.618. The molecule has 0 atom stereocenters. The first kappa shape index (κ1) is 15.0. The van der Waals surface area contributed by atoms with Gasteiger partial charge >= 0.3 is 0 Å². The molecule has 0 N–H and O–H groups in total. The van der Waals surface area contributed by atoms with Crippen molar-refractivity contribution in [3.05, 3.63) is 90.0 Å². The highest BCUT2D eigenvalue weighted by molar-refractivity contribution is 5.72. The summed E-state index contributed by atoms with van der Waals surface area (Å²) in [6.45, 7) is 0.530. The summed E-state index contributed by atoms with van der Waals surface area (Å²) in [5.74, 6) is 0.808. The molecule has 0 aromatic heterocycles. The Morgan fingerprint density at radius 2 is 1.52 bits per heavy atom. The number of hydrogen-bond donors (Lipinski definition) is 0. The smallest absolute Gasteiger partial charge is 0.124 e. The summed E-state index contributed by atoms with van der Waals surface area (Å²) in [6, 6.07) is 26.1. The second-order valence-electron chi connectivity index (χ2n) is 5.33. The number of carbonyl (C=O) groups excluding carboxylic acids is 1. The standard InChI is InChI=1S/C21H18O2/c22-14-13-19-11-12-20(23-16-17-7-3-1-4-8-17)15-21(19)18-9-5-2-6-10-18/h1-12,14-15H,13,16H2. The van der Waals surface area contributed by atoms with Crippen molar-refractivity contribution < 1.29 is 9.53 Å². The highest BCUT2D eigenvalue weighted by atomic mass is 16.5. The van der Waals surface area contributed by atoms with E-state index in [0.717, 1.165) is 34.3 Å². The molecule has 0 aliphatic heterocycles.